The van der Waals surface area contributed by atoms with E-state index in [0.717, 1.165) is 0 Å². The minimum absolute atomic E-state index is 0.101. The Bertz CT molecular complexity index is 613. The molecule has 2 heterocycles. The predicted octanol–water partition coefficient (Wildman–Crippen LogP) is -0.321. The number of nitriles is 1. The van der Waals surface area contributed by atoms with E-state index < -0.39 is 30.0 Å². The van der Waals surface area contributed by atoms with Gasteiger partial charge >= 0.3 is 17.8 Å². The molecule has 2 atom stereocenters. The number of cyclic esters (lactones) is 1. The van der Waals surface area contributed by atoms with E-state index in [-0.39, 0.29) is 36.4 Å². The smallest absolute Gasteiger partial charge is 0.375 e. The molecule has 2 fully saturated rings. The number of carbonyl (C=O) groups excluding carboxylic acids is 3. The molecule has 0 aromatic rings. The number of thiocarbonyl (C=S) groups is 1. The summed E-state index contributed by atoms with van der Waals surface area (Å²) in [5.41, 5.74) is 0.250. The van der Waals surface area contributed by atoms with Crippen molar-refractivity contribution in [2.24, 2.45) is 0 Å². The van der Waals surface area contributed by atoms with Crippen molar-refractivity contribution >= 4 is 35.1 Å². The molecule has 0 spiro atoms. The van der Waals surface area contributed by atoms with Crippen LogP contribution in [-0.4, -0.2) is 46.8 Å². The van der Waals surface area contributed by atoms with Gasteiger partial charge in [0.25, 0.3) is 0 Å². The first-order chi connectivity index (χ1) is 10.9. The van der Waals surface area contributed by atoms with Gasteiger partial charge < -0.3 is 14.9 Å². The number of rotatable bonds is 5. The molecule has 0 bridgehead atoms. The Hall–Kier alpha value is -2.51. The molecule has 2 aliphatic rings. The van der Waals surface area contributed by atoms with Crippen LogP contribution in [0.2, 0.25) is 0 Å². The summed E-state index contributed by atoms with van der Waals surface area (Å²) in [6.07, 6.45) is -0.601. The van der Waals surface area contributed by atoms with Crippen molar-refractivity contribution in [1.29, 1.82) is 5.26 Å². The molecule has 0 saturated carbocycles. The zero-order chi connectivity index (χ0) is 17.0. The molecule has 0 aliphatic carbocycles. The Morgan fingerprint density at radius 3 is 2.91 bits per heavy atom. The first-order valence-corrected chi connectivity index (χ1v) is 7.07. The zero-order valence-electron chi connectivity index (χ0n) is 11.9. The molecule has 122 valence electrons. The molecule has 2 saturated heterocycles. The van der Waals surface area contributed by atoms with Gasteiger partial charge in [0, 0.05) is 24.8 Å². The second kappa shape index (κ2) is 7.17. The van der Waals surface area contributed by atoms with Gasteiger partial charge in [0.2, 0.25) is 6.10 Å². The van der Waals surface area contributed by atoms with E-state index >= 15 is 0 Å². The maximum atomic E-state index is 12.0. The Kier molecular flexibility index (Phi) is 5.25. The molecule has 2 rings (SSSR count). The predicted molar refractivity (Wildman–Crippen MR) is 76.9 cm³/mol. The molecule has 10 heteroatoms. The van der Waals surface area contributed by atoms with Crippen LogP contribution in [0.1, 0.15) is 19.3 Å². The van der Waals surface area contributed by atoms with Crippen LogP contribution < -0.4 is 5.32 Å². The lowest BCUT2D eigenvalue weighted by Gasteiger charge is -2.15. The molecule has 2 aliphatic heterocycles. The van der Waals surface area contributed by atoms with E-state index in [1.807, 2.05) is 6.07 Å². The number of hydroxylamine groups is 2. The third kappa shape index (κ3) is 4.24. The van der Waals surface area contributed by atoms with Gasteiger partial charge in [0.05, 0.1) is 11.1 Å². The number of hydrogen-bond donors (Lipinski definition) is 1. The lowest BCUT2D eigenvalue weighted by Crippen LogP contribution is -2.43. The summed E-state index contributed by atoms with van der Waals surface area (Å²) < 4.78 is 4.73. The molecule has 0 radical (unpaired) electrons. The van der Waals surface area contributed by atoms with Crippen LogP contribution in [0.3, 0.4) is 0 Å². The summed E-state index contributed by atoms with van der Waals surface area (Å²) >= 11 is 5.00. The molecule has 0 aromatic carbocycles. The fraction of sp³-hybridized carbons (Fsp3) is 0.462. The molecule has 1 unspecified atom stereocenters. The van der Waals surface area contributed by atoms with Gasteiger partial charge in [-0.1, -0.05) is 18.8 Å². The van der Waals surface area contributed by atoms with E-state index in [4.69, 9.17) is 31.9 Å². The van der Waals surface area contributed by atoms with Crippen molar-refractivity contribution in [3.05, 3.63) is 12.2 Å². The fourth-order valence-corrected chi connectivity index (χ4v) is 2.21. The molecule has 23 heavy (non-hydrogen) atoms. The number of nitrogens with one attached hydrogen (secondary N) is 1. The number of esters is 1. The van der Waals surface area contributed by atoms with Crippen LogP contribution in [0.15, 0.2) is 12.2 Å². The van der Waals surface area contributed by atoms with Crippen molar-refractivity contribution in [3.63, 3.8) is 0 Å². The number of nitrogens with zero attached hydrogens (tertiary/aromatic N) is 2. The van der Waals surface area contributed by atoms with Crippen LogP contribution in [-0.2, 0) is 28.8 Å². The largest absolute Gasteiger partial charge is 0.450 e. The molecular formula is C13H13N3O6S. The third-order valence-corrected chi connectivity index (χ3v) is 3.29. The highest BCUT2D eigenvalue weighted by atomic mass is 32.1. The van der Waals surface area contributed by atoms with Crippen LogP contribution >= 0.6 is 12.2 Å². The van der Waals surface area contributed by atoms with E-state index in [2.05, 4.69) is 11.9 Å². The second-order valence-corrected chi connectivity index (χ2v) is 5.32. The average Bonchev–Trinajstić information content (AvgIpc) is 3.08. The van der Waals surface area contributed by atoms with Gasteiger partial charge in [-0.2, -0.15) is 5.26 Å². The summed E-state index contributed by atoms with van der Waals surface area (Å²) in [5, 5.41) is 11.8. The molecular weight excluding hydrogens is 326 g/mol. The standard InChI is InChI=1S/C13H13N3O6S/c1-7(5-14)4-10(23)15-8-6-20-16(12(8)18)22-13(19)9-2-3-11(17)21-9/h8-9H,1-4,6H2,(H,15,23)/t8-,9?/m0/s1. The highest BCUT2D eigenvalue weighted by Crippen LogP contribution is 2.17. The minimum Gasteiger partial charge on any atom is -0.450 e. The maximum Gasteiger partial charge on any atom is 0.375 e. The summed E-state index contributed by atoms with van der Waals surface area (Å²) in [6, 6.07) is 1.00. The Morgan fingerprint density at radius 1 is 1.57 bits per heavy atom. The van der Waals surface area contributed by atoms with Gasteiger partial charge in [-0.05, 0) is 5.23 Å². The van der Waals surface area contributed by atoms with Gasteiger partial charge in [-0.25, -0.2) is 9.63 Å². The lowest BCUT2D eigenvalue weighted by molar-refractivity contribution is -0.306. The fourth-order valence-electron chi connectivity index (χ4n) is 1.89. The Labute approximate surface area is 136 Å². The monoisotopic (exact) mass is 339 g/mol. The van der Waals surface area contributed by atoms with Crippen molar-refractivity contribution in [1.82, 2.24) is 10.5 Å². The summed E-state index contributed by atoms with van der Waals surface area (Å²) in [4.78, 5) is 44.7. The van der Waals surface area contributed by atoms with Gasteiger partial charge in [-0.15, -0.1) is 0 Å². The third-order valence-electron chi connectivity index (χ3n) is 3.02. The van der Waals surface area contributed by atoms with Crippen molar-refractivity contribution in [2.45, 2.75) is 31.4 Å². The molecule has 0 aromatic heterocycles. The highest BCUT2D eigenvalue weighted by molar-refractivity contribution is 7.80. The van der Waals surface area contributed by atoms with Gasteiger partial charge in [0.15, 0.2) is 0 Å². The topological polar surface area (TPSA) is 118 Å². The maximum absolute atomic E-state index is 12.0. The number of carbonyl (C=O) groups is 3. The van der Waals surface area contributed by atoms with Crippen LogP contribution in [0.25, 0.3) is 0 Å². The van der Waals surface area contributed by atoms with Crippen LogP contribution in [0, 0.1) is 11.3 Å². The van der Waals surface area contributed by atoms with E-state index in [1.54, 1.807) is 0 Å². The summed E-state index contributed by atoms with van der Waals surface area (Å²) in [5.74, 6) is -2.04. The molecule has 1 N–H and O–H groups in total. The Balaban J connectivity index is 1.83. The minimum atomic E-state index is -1.04. The van der Waals surface area contributed by atoms with Crippen molar-refractivity contribution < 1.29 is 28.8 Å². The number of amides is 1. The number of ether oxygens (including phenoxy) is 1. The zero-order valence-corrected chi connectivity index (χ0v) is 12.8. The lowest BCUT2D eigenvalue weighted by atomic mass is 10.2. The van der Waals surface area contributed by atoms with Crippen LogP contribution in [0.5, 0.6) is 0 Å². The normalized spacial score (nSPS) is 23.2. The summed E-state index contributed by atoms with van der Waals surface area (Å²) in [6.45, 7) is 3.38. The second-order valence-electron chi connectivity index (χ2n) is 4.83. The van der Waals surface area contributed by atoms with Crippen molar-refractivity contribution in [3.8, 4) is 6.07 Å². The van der Waals surface area contributed by atoms with Gasteiger partial charge in [0.1, 0.15) is 12.6 Å². The molecule has 9 nitrogen and oxygen atoms in total. The van der Waals surface area contributed by atoms with E-state index in [9.17, 15) is 14.4 Å². The molecule has 1 amide bonds. The van der Waals surface area contributed by atoms with E-state index in [1.165, 1.54) is 0 Å². The quantitative estimate of drug-likeness (QED) is 0.408. The number of hydrogen-bond acceptors (Lipinski definition) is 8. The van der Waals surface area contributed by atoms with Crippen molar-refractivity contribution in [2.75, 3.05) is 6.61 Å². The highest BCUT2D eigenvalue weighted by Gasteiger charge is 2.40. The first-order valence-electron chi connectivity index (χ1n) is 6.66. The van der Waals surface area contributed by atoms with Gasteiger partial charge in [-0.3, -0.25) is 9.59 Å². The average molecular weight is 339 g/mol. The SMILES string of the molecule is C=C(C#N)CC(=S)N[C@H]1CON(OC(=O)C2CCC(=O)O2)C1=O. The Morgan fingerprint density at radius 2 is 2.30 bits per heavy atom. The van der Waals surface area contributed by atoms with E-state index in [0.29, 0.717) is 5.23 Å². The van der Waals surface area contributed by atoms with Crippen LogP contribution in [0.4, 0.5) is 0 Å². The first kappa shape index (κ1) is 16.9. The summed E-state index contributed by atoms with van der Waals surface area (Å²) in [7, 11) is 0.